The minimum absolute atomic E-state index is 0.0846. The second-order valence-corrected chi connectivity index (χ2v) is 4.91. The van der Waals surface area contributed by atoms with Gasteiger partial charge < -0.3 is 20.1 Å². The van der Waals surface area contributed by atoms with Gasteiger partial charge in [-0.2, -0.15) is 0 Å². The summed E-state index contributed by atoms with van der Waals surface area (Å²) in [6, 6.07) is 7.22. The van der Waals surface area contributed by atoms with Gasteiger partial charge in [-0.3, -0.25) is 4.79 Å². The van der Waals surface area contributed by atoms with Crippen molar-refractivity contribution < 1.29 is 14.3 Å². The number of thiocarbonyl (C=S) groups is 1. The molecule has 1 heterocycles. The van der Waals surface area contributed by atoms with Crippen molar-refractivity contribution >= 4 is 23.1 Å². The molecule has 1 aromatic carbocycles. The zero-order valence-corrected chi connectivity index (χ0v) is 12.2. The molecule has 0 saturated carbocycles. The number of nitrogens with zero attached hydrogens (tertiary/aromatic N) is 1. The molecule has 0 bridgehead atoms. The Balaban J connectivity index is 2.16. The number of para-hydroxylation sites is 1. The molecule has 2 N–H and O–H groups in total. The summed E-state index contributed by atoms with van der Waals surface area (Å²) < 4.78 is 10.9. The zero-order valence-electron chi connectivity index (χ0n) is 11.4. The van der Waals surface area contributed by atoms with Crippen LogP contribution in [0.1, 0.15) is 17.3 Å². The minimum Gasteiger partial charge on any atom is -0.493 e. The lowest BCUT2D eigenvalue weighted by Gasteiger charge is -2.32. The van der Waals surface area contributed by atoms with Gasteiger partial charge in [0.1, 0.15) is 16.8 Å². The average Bonchev–Trinajstić information content (AvgIpc) is 2.47. The minimum atomic E-state index is -0.373. The SMILES string of the molecule is CCOc1ccccc1C(=O)N1CCOC(C(N)=S)C1. The molecule has 0 radical (unpaired) electrons. The third-order valence-electron chi connectivity index (χ3n) is 3.09. The first-order chi connectivity index (χ1) is 9.63. The Kier molecular flexibility index (Phi) is 4.92. The molecule has 0 spiro atoms. The van der Waals surface area contributed by atoms with E-state index in [4.69, 9.17) is 27.4 Å². The Hall–Kier alpha value is -1.66. The Morgan fingerprint density at radius 2 is 2.30 bits per heavy atom. The maximum Gasteiger partial charge on any atom is 0.257 e. The molecule has 0 aromatic heterocycles. The molecular weight excluding hydrogens is 276 g/mol. The van der Waals surface area contributed by atoms with Crippen LogP contribution in [0, 0.1) is 0 Å². The molecule has 0 aliphatic carbocycles. The van der Waals surface area contributed by atoms with Crippen molar-refractivity contribution in [1.82, 2.24) is 4.90 Å². The monoisotopic (exact) mass is 294 g/mol. The standard InChI is InChI=1S/C14H18N2O3S/c1-2-18-11-6-4-3-5-10(11)14(17)16-7-8-19-12(9-16)13(15)20/h3-6,12H,2,7-9H2,1H3,(H2,15,20). The van der Waals surface area contributed by atoms with E-state index >= 15 is 0 Å². The van der Waals surface area contributed by atoms with Crippen molar-refractivity contribution in [2.45, 2.75) is 13.0 Å². The number of hydrogen-bond acceptors (Lipinski definition) is 4. The van der Waals surface area contributed by atoms with E-state index in [0.717, 1.165) is 0 Å². The molecule has 1 atom stereocenters. The molecule has 5 nitrogen and oxygen atoms in total. The van der Waals surface area contributed by atoms with Crippen molar-refractivity contribution in [3.8, 4) is 5.75 Å². The van der Waals surface area contributed by atoms with E-state index in [2.05, 4.69) is 0 Å². The number of carbonyl (C=O) groups excluding carboxylic acids is 1. The quantitative estimate of drug-likeness (QED) is 0.846. The summed E-state index contributed by atoms with van der Waals surface area (Å²) in [5.41, 5.74) is 6.14. The van der Waals surface area contributed by atoms with E-state index in [0.29, 0.717) is 37.6 Å². The summed E-state index contributed by atoms with van der Waals surface area (Å²) >= 11 is 4.93. The molecule has 1 unspecified atom stereocenters. The molecule has 6 heteroatoms. The second-order valence-electron chi connectivity index (χ2n) is 4.44. The molecular formula is C14H18N2O3S. The van der Waals surface area contributed by atoms with E-state index in [-0.39, 0.29) is 17.0 Å². The first-order valence-electron chi connectivity index (χ1n) is 6.55. The molecule has 1 fully saturated rings. The van der Waals surface area contributed by atoms with Gasteiger partial charge in [0.2, 0.25) is 0 Å². The van der Waals surface area contributed by atoms with Gasteiger partial charge in [0.15, 0.2) is 0 Å². The van der Waals surface area contributed by atoms with Gasteiger partial charge in [-0.15, -0.1) is 0 Å². The number of rotatable bonds is 4. The number of nitrogens with two attached hydrogens (primary N) is 1. The van der Waals surface area contributed by atoms with Crippen LogP contribution in [0.25, 0.3) is 0 Å². The lowest BCUT2D eigenvalue weighted by molar-refractivity contribution is 0.00862. The smallest absolute Gasteiger partial charge is 0.257 e. The number of ether oxygens (including phenoxy) is 2. The van der Waals surface area contributed by atoms with Crippen LogP contribution < -0.4 is 10.5 Å². The van der Waals surface area contributed by atoms with Gasteiger partial charge in [-0.05, 0) is 19.1 Å². The van der Waals surface area contributed by atoms with Crippen LogP contribution in [0.5, 0.6) is 5.75 Å². The third-order valence-corrected chi connectivity index (χ3v) is 3.35. The number of morpholine rings is 1. The fourth-order valence-corrected chi connectivity index (χ4v) is 2.24. The summed E-state index contributed by atoms with van der Waals surface area (Å²) in [7, 11) is 0. The maximum absolute atomic E-state index is 12.6. The molecule has 108 valence electrons. The Morgan fingerprint density at radius 3 is 3.00 bits per heavy atom. The first-order valence-corrected chi connectivity index (χ1v) is 6.96. The number of carbonyl (C=O) groups is 1. The molecule has 20 heavy (non-hydrogen) atoms. The maximum atomic E-state index is 12.6. The highest BCUT2D eigenvalue weighted by Crippen LogP contribution is 2.21. The third kappa shape index (κ3) is 3.26. The normalized spacial score (nSPS) is 18.6. The molecule has 1 aliphatic rings. The summed E-state index contributed by atoms with van der Waals surface area (Å²) in [5, 5.41) is 0. The highest BCUT2D eigenvalue weighted by molar-refractivity contribution is 7.80. The van der Waals surface area contributed by atoms with E-state index < -0.39 is 0 Å². The van der Waals surface area contributed by atoms with Crippen molar-refractivity contribution in [2.24, 2.45) is 5.73 Å². The summed E-state index contributed by atoms with van der Waals surface area (Å²) in [6.45, 7) is 3.75. The summed E-state index contributed by atoms with van der Waals surface area (Å²) in [4.78, 5) is 14.5. The van der Waals surface area contributed by atoms with E-state index in [1.54, 1.807) is 17.0 Å². The van der Waals surface area contributed by atoms with Gasteiger partial charge >= 0.3 is 0 Å². The summed E-state index contributed by atoms with van der Waals surface area (Å²) in [5.74, 6) is 0.511. The molecule has 1 saturated heterocycles. The van der Waals surface area contributed by atoms with Crippen LogP contribution in [0.15, 0.2) is 24.3 Å². The topological polar surface area (TPSA) is 64.8 Å². The van der Waals surface area contributed by atoms with Crippen LogP contribution in [-0.4, -0.2) is 48.2 Å². The predicted molar refractivity (Wildman–Crippen MR) is 80.0 cm³/mol. The number of benzene rings is 1. The van der Waals surface area contributed by atoms with Crippen molar-refractivity contribution in [2.75, 3.05) is 26.3 Å². The van der Waals surface area contributed by atoms with E-state index in [9.17, 15) is 4.79 Å². The lowest BCUT2D eigenvalue weighted by Crippen LogP contribution is -2.50. The highest BCUT2D eigenvalue weighted by atomic mass is 32.1. The van der Waals surface area contributed by atoms with Crippen LogP contribution in [0.3, 0.4) is 0 Å². The molecule has 2 rings (SSSR count). The predicted octanol–water partition coefficient (Wildman–Crippen LogP) is 1.21. The highest BCUT2D eigenvalue weighted by Gasteiger charge is 2.27. The fraction of sp³-hybridized carbons (Fsp3) is 0.429. The van der Waals surface area contributed by atoms with Crippen LogP contribution in [0.4, 0.5) is 0 Å². The fourth-order valence-electron chi connectivity index (χ4n) is 2.10. The van der Waals surface area contributed by atoms with Gasteiger partial charge in [0, 0.05) is 6.54 Å². The van der Waals surface area contributed by atoms with E-state index in [1.165, 1.54) is 0 Å². The van der Waals surface area contributed by atoms with Crippen molar-refractivity contribution in [1.29, 1.82) is 0 Å². The van der Waals surface area contributed by atoms with Crippen molar-refractivity contribution in [3.63, 3.8) is 0 Å². The zero-order chi connectivity index (χ0) is 14.5. The number of hydrogen-bond donors (Lipinski definition) is 1. The van der Waals surface area contributed by atoms with Gasteiger partial charge in [0.25, 0.3) is 5.91 Å². The number of amides is 1. The Bertz CT molecular complexity index is 507. The Morgan fingerprint density at radius 1 is 1.55 bits per heavy atom. The van der Waals surface area contributed by atoms with E-state index in [1.807, 2.05) is 19.1 Å². The first kappa shape index (κ1) is 14.7. The average molecular weight is 294 g/mol. The second kappa shape index (κ2) is 6.67. The summed E-state index contributed by atoms with van der Waals surface area (Å²) in [6.07, 6.45) is -0.373. The van der Waals surface area contributed by atoms with Gasteiger partial charge in [0.05, 0.1) is 25.3 Å². The van der Waals surface area contributed by atoms with Crippen LogP contribution in [0.2, 0.25) is 0 Å². The molecule has 1 aliphatic heterocycles. The lowest BCUT2D eigenvalue weighted by atomic mass is 10.1. The molecule has 1 aromatic rings. The Labute approximate surface area is 123 Å². The largest absolute Gasteiger partial charge is 0.493 e. The van der Waals surface area contributed by atoms with Gasteiger partial charge in [-0.25, -0.2) is 0 Å². The van der Waals surface area contributed by atoms with Crippen LogP contribution in [-0.2, 0) is 4.74 Å². The van der Waals surface area contributed by atoms with Crippen molar-refractivity contribution in [3.05, 3.63) is 29.8 Å². The molecule has 1 amide bonds. The van der Waals surface area contributed by atoms with Crippen LogP contribution >= 0.6 is 12.2 Å². The van der Waals surface area contributed by atoms with Gasteiger partial charge in [-0.1, -0.05) is 24.4 Å².